The highest BCUT2D eigenvalue weighted by Gasteiger charge is 2.20. The summed E-state index contributed by atoms with van der Waals surface area (Å²) in [6, 6.07) is 13.9. The zero-order valence-electron chi connectivity index (χ0n) is 17.1. The highest BCUT2D eigenvalue weighted by Crippen LogP contribution is 2.31. The number of nitrogens with zero attached hydrogens (tertiary/aromatic N) is 4. The third kappa shape index (κ3) is 4.24. The van der Waals surface area contributed by atoms with E-state index in [4.69, 9.17) is 14.1 Å². The molecule has 0 bridgehead atoms. The first-order chi connectivity index (χ1) is 15.2. The Hall–Kier alpha value is -3.03. The highest BCUT2D eigenvalue weighted by atomic mass is 79.9. The van der Waals surface area contributed by atoms with Gasteiger partial charge in [0.2, 0.25) is 0 Å². The third-order valence-corrected chi connectivity index (χ3v) is 5.92. The smallest absolute Gasteiger partial charge is 0.195 e. The zero-order valence-corrected chi connectivity index (χ0v) is 18.7. The fraction of sp³-hybridized carbons (Fsp3) is 0.208. The molecule has 0 spiro atoms. The van der Waals surface area contributed by atoms with Crippen LogP contribution < -0.4 is 4.74 Å². The SMILES string of the molecule is COc1ccc(Br)cc1-c1ccc(CN2CCc3nc(-c4ccco4)ncc3C2)cn1. The van der Waals surface area contributed by atoms with E-state index < -0.39 is 0 Å². The molecule has 7 heteroatoms. The number of pyridine rings is 1. The molecule has 0 atom stereocenters. The molecule has 31 heavy (non-hydrogen) atoms. The number of methoxy groups -OCH3 is 1. The van der Waals surface area contributed by atoms with Gasteiger partial charge in [-0.25, -0.2) is 9.97 Å². The number of rotatable bonds is 5. The molecule has 1 aliphatic heterocycles. The summed E-state index contributed by atoms with van der Waals surface area (Å²) in [6.45, 7) is 2.61. The summed E-state index contributed by atoms with van der Waals surface area (Å²) >= 11 is 3.53. The van der Waals surface area contributed by atoms with E-state index in [9.17, 15) is 0 Å². The van der Waals surface area contributed by atoms with Crippen LogP contribution in [0.1, 0.15) is 16.8 Å². The Labute approximate surface area is 189 Å². The Kier molecular flexibility index (Phi) is 5.53. The number of hydrogen-bond acceptors (Lipinski definition) is 6. The van der Waals surface area contributed by atoms with Crippen molar-refractivity contribution < 1.29 is 9.15 Å². The van der Waals surface area contributed by atoms with E-state index in [2.05, 4.69) is 42.9 Å². The second kappa shape index (κ2) is 8.61. The number of benzene rings is 1. The molecule has 0 saturated heterocycles. The predicted molar refractivity (Wildman–Crippen MR) is 121 cm³/mol. The second-order valence-electron chi connectivity index (χ2n) is 7.50. The monoisotopic (exact) mass is 476 g/mol. The molecule has 0 radical (unpaired) electrons. The molecule has 4 aromatic rings. The van der Waals surface area contributed by atoms with Gasteiger partial charge in [0, 0.05) is 54.0 Å². The summed E-state index contributed by atoms with van der Waals surface area (Å²) in [5.41, 5.74) is 5.32. The first-order valence-electron chi connectivity index (χ1n) is 10.1. The van der Waals surface area contributed by atoms with E-state index in [-0.39, 0.29) is 0 Å². The van der Waals surface area contributed by atoms with Gasteiger partial charge in [0.1, 0.15) is 5.75 Å². The quantitative estimate of drug-likeness (QED) is 0.397. The summed E-state index contributed by atoms with van der Waals surface area (Å²) in [5, 5.41) is 0. The summed E-state index contributed by atoms with van der Waals surface area (Å²) < 4.78 is 11.9. The lowest BCUT2D eigenvalue weighted by atomic mass is 10.1. The van der Waals surface area contributed by atoms with E-state index >= 15 is 0 Å². The average molecular weight is 477 g/mol. The Bertz CT molecular complexity index is 1190. The Balaban J connectivity index is 1.29. The van der Waals surface area contributed by atoms with Crippen LogP contribution in [0.4, 0.5) is 0 Å². The molecule has 0 saturated carbocycles. The second-order valence-corrected chi connectivity index (χ2v) is 8.42. The van der Waals surface area contributed by atoms with E-state index in [1.165, 1.54) is 11.1 Å². The molecule has 1 aliphatic rings. The van der Waals surface area contributed by atoms with Crippen molar-refractivity contribution in [3.05, 3.63) is 82.4 Å². The van der Waals surface area contributed by atoms with Gasteiger partial charge in [-0.15, -0.1) is 0 Å². The lowest BCUT2D eigenvalue weighted by Crippen LogP contribution is -2.31. The largest absolute Gasteiger partial charge is 0.496 e. The molecule has 5 rings (SSSR count). The van der Waals surface area contributed by atoms with Crippen LogP contribution >= 0.6 is 15.9 Å². The molecule has 1 aromatic carbocycles. The predicted octanol–water partition coefficient (Wildman–Crippen LogP) is 5.13. The standard InChI is InChI=1S/C24H21BrN4O2/c1-30-22-7-5-18(25)11-19(22)21-6-4-16(12-26-21)14-29-9-8-20-17(15-29)13-27-24(28-20)23-3-2-10-31-23/h2-7,10-13H,8-9,14-15H2,1H3. The molecule has 0 amide bonds. The van der Waals surface area contributed by atoms with E-state index in [1.54, 1.807) is 13.4 Å². The lowest BCUT2D eigenvalue weighted by Gasteiger charge is -2.27. The number of furan rings is 1. The summed E-state index contributed by atoms with van der Waals surface area (Å²) in [7, 11) is 1.68. The Morgan fingerprint density at radius 3 is 2.84 bits per heavy atom. The van der Waals surface area contributed by atoms with Crippen LogP contribution in [0.15, 0.2) is 70.0 Å². The minimum atomic E-state index is 0.653. The minimum absolute atomic E-state index is 0.653. The van der Waals surface area contributed by atoms with Crippen molar-refractivity contribution in [3.8, 4) is 28.6 Å². The van der Waals surface area contributed by atoms with E-state index in [1.807, 2.05) is 42.7 Å². The van der Waals surface area contributed by atoms with Crippen LogP contribution in [0.5, 0.6) is 5.75 Å². The van der Waals surface area contributed by atoms with Gasteiger partial charge in [0.05, 0.1) is 24.8 Å². The third-order valence-electron chi connectivity index (χ3n) is 5.42. The molecule has 0 aliphatic carbocycles. The maximum atomic E-state index is 5.48. The van der Waals surface area contributed by atoms with Crippen LogP contribution in [-0.2, 0) is 19.5 Å². The van der Waals surface area contributed by atoms with Crippen LogP contribution in [0.3, 0.4) is 0 Å². The van der Waals surface area contributed by atoms with Crippen molar-refractivity contribution in [1.29, 1.82) is 0 Å². The van der Waals surface area contributed by atoms with Gasteiger partial charge in [-0.1, -0.05) is 22.0 Å². The van der Waals surface area contributed by atoms with Crippen LogP contribution in [0.25, 0.3) is 22.8 Å². The van der Waals surface area contributed by atoms with Crippen molar-refractivity contribution >= 4 is 15.9 Å². The minimum Gasteiger partial charge on any atom is -0.496 e. The van der Waals surface area contributed by atoms with Crippen molar-refractivity contribution in [2.45, 2.75) is 19.5 Å². The highest BCUT2D eigenvalue weighted by molar-refractivity contribution is 9.10. The van der Waals surface area contributed by atoms with Crippen molar-refractivity contribution in [1.82, 2.24) is 19.9 Å². The molecule has 156 valence electrons. The first kappa shape index (κ1) is 19.9. The molecule has 4 heterocycles. The topological polar surface area (TPSA) is 64.3 Å². The Morgan fingerprint density at radius 2 is 2.06 bits per heavy atom. The van der Waals surface area contributed by atoms with Gasteiger partial charge in [-0.2, -0.15) is 0 Å². The number of fused-ring (bicyclic) bond motifs is 1. The lowest BCUT2D eigenvalue weighted by molar-refractivity contribution is 0.242. The van der Waals surface area contributed by atoms with Crippen LogP contribution in [0, 0.1) is 0 Å². The molecule has 0 fully saturated rings. The summed E-state index contributed by atoms with van der Waals surface area (Å²) in [4.78, 5) is 16.3. The summed E-state index contributed by atoms with van der Waals surface area (Å²) in [5.74, 6) is 2.17. The van der Waals surface area contributed by atoms with Crippen molar-refractivity contribution in [2.75, 3.05) is 13.7 Å². The number of aromatic nitrogens is 3. The normalized spacial score (nSPS) is 13.7. The van der Waals surface area contributed by atoms with E-state index in [0.29, 0.717) is 11.6 Å². The molecule has 3 aromatic heterocycles. The first-order valence-corrected chi connectivity index (χ1v) is 10.9. The van der Waals surface area contributed by atoms with Crippen LogP contribution in [0.2, 0.25) is 0 Å². The van der Waals surface area contributed by atoms with Gasteiger partial charge in [0.15, 0.2) is 11.6 Å². The zero-order chi connectivity index (χ0) is 21.2. The van der Waals surface area contributed by atoms with Gasteiger partial charge in [0.25, 0.3) is 0 Å². The van der Waals surface area contributed by atoms with Gasteiger partial charge in [-0.3, -0.25) is 9.88 Å². The number of halogens is 1. The maximum Gasteiger partial charge on any atom is 0.195 e. The molecular weight excluding hydrogens is 456 g/mol. The van der Waals surface area contributed by atoms with E-state index in [0.717, 1.165) is 53.2 Å². The number of ether oxygens (including phenoxy) is 1. The van der Waals surface area contributed by atoms with Crippen molar-refractivity contribution in [2.24, 2.45) is 0 Å². The number of hydrogen-bond donors (Lipinski definition) is 0. The maximum absolute atomic E-state index is 5.48. The van der Waals surface area contributed by atoms with Gasteiger partial charge >= 0.3 is 0 Å². The fourth-order valence-electron chi connectivity index (χ4n) is 3.85. The molecule has 0 unspecified atom stereocenters. The van der Waals surface area contributed by atoms with Crippen LogP contribution in [-0.4, -0.2) is 33.5 Å². The Morgan fingerprint density at radius 1 is 1.13 bits per heavy atom. The molecule has 6 nitrogen and oxygen atoms in total. The van der Waals surface area contributed by atoms with Gasteiger partial charge < -0.3 is 9.15 Å². The molecular formula is C24H21BrN4O2. The molecule has 0 N–H and O–H groups in total. The fourth-order valence-corrected chi connectivity index (χ4v) is 4.21. The summed E-state index contributed by atoms with van der Waals surface area (Å²) in [6.07, 6.45) is 6.41. The average Bonchev–Trinajstić information content (AvgIpc) is 3.34. The van der Waals surface area contributed by atoms with Crippen molar-refractivity contribution in [3.63, 3.8) is 0 Å². The van der Waals surface area contributed by atoms with Gasteiger partial charge in [-0.05, 0) is 42.0 Å².